The summed E-state index contributed by atoms with van der Waals surface area (Å²) in [5.41, 5.74) is 0.825. The summed E-state index contributed by atoms with van der Waals surface area (Å²) in [5, 5.41) is 2.76. The Kier molecular flexibility index (Phi) is 6.71. The van der Waals surface area contributed by atoms with E-state index in [0.29, 0.717) is 17.9 Å². The minimum atomic E-state index is -3.84. The van der Waals surface area contributed by atoms with E-state index in [-0.39, 0.29) is 29.2 Å². The average molecular weight is 422 g/mol. The highest BCUT2D eigenvalue weighted by molar-refractivity contribution is 7.92. The molecule has 156 valence electrons. The molecule has 3 rings (SSSR count). The summed E-state index contributed by atoms with van der Waals surface area (Å²) in [5.74, 6) is -0.308. The molecule has 1 atom stereocenters. The van der Waals surface area contributed by atoms with E-state index in [0.717, 1.165) is 19.4 Å². The Hall–Kier alpha value is -2.65. The Morgan fingerprint density at radius 1 is 1.24 bits per heavy atom. The second-order valence-electron chi connectivity index (χ2n) is 6.77. The lowest BCUT2D eigenvalue weighted by Gasteiger charge is -2.13. The fraction of sp³-hybridized carbons (Fsp3) is 0.350. The summed E-state index contributed by atoms with van der Waals surface area (Å²) in [6.07, 6.45) is 1.99. The first-order chi connectivity index (χ1) is 13.8. The number of hydrogen-bond acceptors (Lipinski definition) is 5. The minimum Gasteiger partial charge on any atom is -0.484 e. The molecule has 7 nitrogen and oxygen atoms in total. The Morgan fingerprint density at radius 3 is 2.66 bits per heavy atom. The van der Waals surface area contributed by atoms with Gasteiger partial charge < -0.3 is 14.8 Å². The fourth-order valence-corrected chi connectivity index (χ4v) is 4.05. The molecule has 1 aliphatic rings. The summed E-state index contributed by atoms with van der Waals surface area (Å²) < 4.78 is 51.3. The monoisotopic (exact) mass is 422 g/mol. The summed E-state index contributed by atoms with van der Waals surface area (Å²) in [6.45, 7) is 2.69. The lowest BCUT2D eigenvalue weighted by atomic mass is 10.2. The molecule has 29 heavy (non-hydrogen) atoms. The molecular weight excluding hydrogens is 399 g/mol. The van der Waals surface area contributed by atoms with Crippen molar-refractivity contribution in [1.29, 1.82) is 0 Å². The van der Waals surface area contributed by atoms with E-state index in [1.54, 1.807) is 6.92 Å². The van der Waals surface area contributed by atoms with Crippen molar-refractivity contribution < 1.29 is 27.1 Å². The first-order valence-electron chi connectivity index (χ1n) is 9.23. The molecule has 0 aliphatic carbocycles. The van der Waals surface area contributed by atoms with Crippen molar-refractivity contribution in [2.75, 3.05) is 24.5 Å². The number of halogens is 1. The first kappa shape index (κ1) is 21.1. The van der Waals surface area contributed by atoms with Crippen LogP contribution in [0, 0.1) is 12.7 Å². The van der Waals surface area contributed by atoms with Gasteiger partial charge in [-0.2, -0.15) is 0 Å². The van der Waals surface area contributed by atoms with E-state index in [4.69, 9.17) is 9.47 Å². The number of anilines is 1. The highest BCUT2D eigenvalue weighted by Gasteiger charge is 2.18. The third kappa shape index (κ3) is 5.91. The number of aryl methyl sites for hydroxylation is 1. The summed E-state index contributed by atoms with van der Waals surface area (Å²) in [7, 11) is -3.84. The zero-order valence-corrected chi connectivity index (χ0v) is 16.8. The van der Waals surface area contributed by atoms with Crippen LogP contribution < -0.4 is 14.8 Å². The van der Waals surface area contributed by atoms with Crippen molar-refractivity contribution in [3.63, 3.8) is 0 Å². The molecule has 1 saturated heterocycles. The van der Waals surface area contributed by atoms with E-state index >= 15 is 0 Å². The fourth-order valence-electron chi connectivity index (χ4n) is 2.91. The lowest BCUT2D eigenvalue weighted by molar-refractivity contribution is -0.123. The largest absolute Gasteiger partial charge is 0.484 e. The van der Waals surface area contributed by atoms with Gasteiger partial charge in [0, 0.05) is 18.8 Å². The van der Waals surface area contributed by atoms with Crippen LogP contribution in [0.1, 0.15) is 18.4 Å². The van der Waals surface area contributed by atoms with Crippen LogP contribution >= 0.6 is 0 Å². The second kappa shape index (κ2) is 9.23. The van der Waals surface area contributed by atoms with Gasteiger partial charge in [0.15, 0.2) is 6.61 Å². The maximum absolute atomic E-state index is 13.0. The Morgan fingerprint density at radius 2 is 2.00 bits per heavy atom. The van der Waals surface area contributed by atoms with Crippen molar-refractivity contribution in [1.82, 2.24) is 5.32 Å². The van der Waals surface area contributed by atoms with Gasteiger partial charge in [0.05, 0.1) is 11.0 Å². The number of benzene rings is 2. The molecule has 1 fully saturated rings. The lowest BCUT2D eigenvalue weighted by Crippen LogP contribution is -2.35. The summed E-state index contributed by atoms with van der Waals surface area (Å²) in [4.78, 5) is 12.0. The van der Waals surface area contributed by atoms with Crippen molar-refractivity contribution in [2.45, 2.75) is 30.8 Å². The molecule has 0 radical (unpaired) electrons. The minimum absolute atomic E-state index is 0.0366. The topological polar surface area (TPSA) is 93.7 Å². The van der Waals surface area contributed by atoms with Crippen molar-refractivity contribution in [2.24, 2.45) is 0 Å². The van der Waals surface area contributed by atoms with Crippen LogP contribution in [0.5, 0.6) is 5.75 Å². The molecular formula is C20H23FN2O5S. The van der Waals surface area contributed by atoms with Gasteiger partial charge in [-0.1, -0.05) is 0 Å². The molecule has 0 saturated carbocycles. The molecule has 0 bridgehead atoms. The van der Waals surface area contributed by atoms with Crippen LogP contribution in [0.2, 0.25) is 0 Å². The van der Waals surface area contributed by atoms with Gasteiger partial charge in [-0.05, 0) is 67.8 Å². The van der Waals surface area contributed by atoms with E-state index in [2.05, 4.69) is 10.0 Å². The molecule has 1 aliphatic heterocycles. The quantitative estimate of drug-likeness (QED) is 0.682. The number of sulfonamides is 1. The average Bonchev–Trinajstić information content (AvgIpc) is 3.20. The summed E-state index contributed by atoms with van der Waals surface area (Å²) >= 11 is 0. The molecule has 2 aromatic carbocycles. The van der Waals surface area contributed by atoms with Gasteiger partial charge in [0.1, 0.15) is 11.6 Å². The van der Waals surface area contributed by atoms with Crippen molar-refractivity contribution >= 4 is 21.6 Å². The van der Waals surface area contributed by atoms with Crippen LogP contribution in [0.15, 0.2) is 47.4 Å². The highest BCUT2D eigenvalue weighted by atomic mass is 32.2. The maximum atomic E-state index is 13.0. The van der Waals surface area contributed by atoms with Crippen molar-refractivity contribution in [3.8, 4) is 5.75 Å². The third-order valence-corrected chi connectivity index (χ3v) is 5.84. The number of nitrogens with one attached hydrogen (secondary N) is 2. The third-order valence-electron chi connectivity index (χ3n) is 4.46. The Labute approximate surface area is 169 Å². The SMILES string of the molecule is Cc1cc(S(=O)(=O)Nc2ccc(F)cc2)ccc1OCC(=O)NC[C@@H]1CCCO1. The Bertz CT molecular complexity index is 957. The first-order valence-corrected chi connectivity index (χ1v) is 10.7. The van der Waals surface area contributed by atoms with E-state index in [9.17, 15) is 17.6 Å². The van der Waals surface area contributed by atoms with E-state index in [1.165, 1.54) is 42.5 Å². The predicted octanol–water partition coefficient (Wildman–Crippen LogP) is 2.61. The number of hydrogen-bond donors (Lipinski definition) is 2. The van der Waals surface area contributed by atoms with Gasteiger partial charge in [0.25, 0.3) is 15.9 Å². The van der Waals surface area contributed by atoms with Crippen LogP contribution in [0.3, 0.4) is 0 Å². The van der Waals surface area contributed by atoms with Gasteiger partial charge in [0.2, 0.25) is 0 Å². The molecule has 9 heteroatoms. The standard InChI is InChI=1S/C20H23FN2O5S/c1-14-11-18(29(25,26)23-16-6-4-15(21)5-7-16)8-9-19(14)28-13-20(24)22-12-17-3-2-10-27-17/h4-9,11,17,23H,2-3,10,12-13H2,1H3,(H,22,24)/t17-/m0/s1. The molecule has 1 heterocycles. The van der Waals surface area contributed by atoms with Gasteiger partial charge in [-0.3, -0.25) is 9.52 Å². The number of amides is 1. The van der Waals surface area contributed by atoms with E-state index < -0.39 is 15.8 Å². The Balaban J connectivity index is 1.57. The van der Waals surface area contributed by atoms with Crippen LogP contribution in [-0.4, -0.2) is 40.2 Å². The second-order valence-corrected chi connectivity index (χ2v) is 8.45. The summed E-state index contributed by atoms with van der Waals surface area (Å²) in [6, 6.07) is 9.36. The van der Waals surface area contributed by atoms with Crippen molar-refractivity contribution in [3.05, 3.63) is 53.8 Å². The predicted molar refractivity (Wildman–Crippen MR) is 106 cm³/mol. The normalized spacial score (nSPS) is 16.4. The number of ether oxygens (including phenoxy) is 2. The van der Waals surface area contributed by atoms with Gasteiger partial charge >= 0.3 is 0 Å². The number of rotatable bonds is 8. The zero-order chi connectivity index (χ0) is 20.9. The molecule has 0 aromatic heterocycles. The van der Waals surface area contributed by atoms with Gasteiger partial charge in [-0.15, -0.1) is 0 Å². The molecule has 2 N–H and O–H groups in total. The zero-order valence-electron chi connectivity index (χ0n) is 16.0. The van der Waals surface area contributed by atoms with Gasteiger partial charge in [-0.25, -0.2) is 12.8 Å². The molecule has 0 spiro atoms. The maximum Gasteiger partial charge on any atom is 0.261 e. The molecule has 0 unspecified atom stereocenters. The van der Waals surface area contributed by atoms with Crippen LogP contribution in [0.25, 0.3) is 0 Å². The highest BCUT2D eigenvalue weighted by Crippen LogP contribution is 2.23. The molecule has 2 aromatic rings. The van der Waals surface area contributed by atoms with Crippen LogP contribution in [0.4, 0.5) is 10.1 Å². The van der Waals surface area contributed by atoms with Crippen LogP contribution in [-0.2, 0) is 19.6 Å². The number of carbonyl (C=O) groups excluding carboxylic acids is 1. The van der Waals surface area contributed by atoms with E-state index in [1.807, 2.05) is 0 Å². The number of carbonyl (C=O) groups is 1. The molecule has 1 amide bonds. The smallest absolute Gasteiger partial charge is 0.261 e.